The number of rotatable bonds is 6. The van der Waals surface area contributed by atoms with Crippen LogP contribution in [0.4, 0.5) is 17.3 Å². The van der Waals surface area contributed by atoms with Crippen molar-refractivity contribution in [1.82, 2.24) is 9.97 Å². The van der Waals surface area contributed by atoms with Gasteiger partial charge in [0, 0.05) is 23.3 Å². The molecule has 25 heavy (non-hydrogen) atoms. The minimum Gasteiger partial charge on any atom is -0.370 e. The van der Waals surface area contributed by atoms with Gasteiger partial charge in [0.15, 0.2) is 0 Å². The predicted molar refractivity (Wildman–Crippen MR) is 105 cm³/mol. The quantitative estimate of drug-likeness (QED) is 0.644. The number of hydrogen-bond donors (Lipinski definition) is 2. The summed E-state index contributed by atoms with van der Waals surface area (Å²) in [5.74, 6) is 2.30. The highest BCUT2D eigenvalue weighted by Gasteiger charge is 2.05. The first kappa shape index (κ1) is 17.2. The number of aryl methyl sites for hydroxylation is 2. The van der Waals surface area contributed by atoms with Crippen LogP contribution >= 0.6 is 11.6 Å². The molecule has 128 valence electrons. The van der Waals surface area contributed by atoms with E-state index in [0.29, 0.717) is 0 Å². The fraction of sp³-hybridized carbons (Fsp3) is 0.200. The van der Waals surface area contributed by atoms with Crippen molar-refractivity contribution in [1.29, 1.82) is 0 Å². The summed E-state index contributed by atoms with van der Waals surface area (Å²) in [5.41, 5.74) is 3.36. The lowest BCUT2D eigenvalue weighted by Crippen LogP contribution is -2.08. The topological polar surface area (TPSA) is 49.8 Å². The molecule has 0 unspecified atom stereocenters. The van der Waals surface area contributed by atoms with Gasteiger partial charge < -0.3 is 10.6 Å². The summed E-state index contributed by atoms with van der Waals surface area (Å²) < 4.78 is 0. The maximum atomic E-state index is 6.01. The van der Waals surface area contributed by atoms with Crippen molar-refractivity contribution < 1.29 is 0 Å². The van der Waals surface area contributed by atoms with Crippen LogP contribution < -0.4 is 10.6 Å². The molecule has 0 aliphatic heterocycles. The van der Waals surface area contributed by atoms with Crippen LogP contribution in [0.3, 0.4) is 0 Å². The molecule has 2 N–H and O–H groups in total. The molecule has 2 aromatic carbocycles. The zero-order valence-electron chi connectivity index (χ0n) is 14.4. The summed E-state index contributed by atoms with van der Waals surface area (Å²) in [5, 5.41) is 7.44. The van der Waals surface area contributed by atoms with Gasteiger partial charge in [0.25, 0.3) is 0 Å². The van der Waals surface area contributed by atoms with Crippen molar-refractivity contribution in [3.8, 4) is 0 Å². The SMILES string of the molecule is Cc1nc(NCCc2ccccc2)cc(Nc2ccc(Cl)cc2C)n1. The molecule has 0 radical (unpaired) electrons. The Morgan fingerprint density at radius 3 is 2.44 bits per heavy atom. The molecular weight excluding hydrogens is 332 g/mol. The van der Waals surface area contributed by atoms with Crippen molar-refractivity contribution in [3.63, 3.8) is 0 Å². The maximum absolute atomic E-state index is 6.01. The highest BCUT2D eigenvalue weighted by Crippen LogP contribution is 2.23. The summed E-state index contributed by atoms with van der Waals surface area (Å²) in [7, 11) is 0. The lowest BCUT2D eigenvalue weighted by atomic mass is 10.1. The second kappa shape index (κ2) is 7.99. The van der Waals surface area contributed by atoms with Crippen molar-refractivity contribution in [2.45, 2.75) is 20.3 Å². The van der Waals surface area contributed by atoms with Gasteiger partial charge in [0.1, 0.15) is 17.5 Å². The monoisotopic (exact) mass is 352 g/mol. The van der Waals surface area contributed by atoms with Gasteiger partial charge in [-0.15, -0.1) is 0 Å². The number of halogens is 1. The number of hydrogen-bond acceptors (Lipinski definition) is 4. The van der Waals surface area contributed by atoms with Gasteiger partial charge in [0.2, 0.25) is 0 Å². The molecule has 3 rings (SSSR count). The third-order valence-corrected chi connectivity index (χ3v) is 4.09. The van der Waals surface area contributed by atoms with Crippen molar-refractivity contribution in [3.05, 3.63) is 76.6 Å². The zero-order valence-corrected chi connectivity index (χ0v) is 15.1. The third kappa shape index (κ3) is 4.94. The fourth-order valence-electron chi connectivity index (χ4n) is 2.61. The summed E-state index contributed by atoms with van der Waals surface area (Å²) in [6, 6.07) is 18.1. The minimum absolute atomic E-state index is 0.721. The minimum atomic E-state index is 0.721. The van der Waals surface area contributed by atoms with Crippen LogP contribution in [-0.2, 0) is 6.42 Å². The Morgan fingerprint density at radius 2 is 1.68 bits per heavy atom. The molecule has 0 atom stereocenters. The standard InChI is InChI=1S/C20H21ClN4/c1-14-12-17(21)8-9-18(14)25-20-13-19(23-15(2)24-20)22-11-10-16-6-4-3-5-7-16/h3-9,12-13H,10-11H2,1-2H3,(H2,22,23,24,25). The van der Waals surface area contributed by atoms with E-state index in [9.17, 15) is 0 Å². The van der Waals surface area contributed by atoms with Gasteiger partial charge in [-0.3, -0.25) is 0 Å². The Labute approximate surface area is 153 Å². The first-order valence-electron chi connectivity index (χ1n) is 8.27. The van der Waals surface area contributed by atoms with Crippen LogP contribution in [-0.4, -0.2) is 16.5 Å². The Balaban J connectivity index is 1.67. The Bertz CT molecular complexity index is 850. The van der Waals surface area contributed by atoms with E-state index in [-0.39, 0.29) is 0 Å². The van der Waals surface area contributed by atoms with Crippen molar-refractivity contribution in [2.75, 3.05) is 17.2 Å². The van der Waals surface area contributed by atoms with E-state index in [1.165, 1.54) is 5.56 Å². The number of nitrogens with one attached hydrogen (secondary N) is 2. The van der Waals surface area contributed by atoms with E-state index in [2.05, 4.69) is 44.9 Å². The summed E-state index contributed by atoms with van der Waals surface area (Å²) >= 11 is 6.01. The molecule has 0 aliphatic rings. The molecule has 4 nitrogen and oxygen atoms in total. The fourth-order valence-corrected chi connectivity index (χ4v) is 2.83. The lowest BCUT2D eigenvalue weighted by Gasteiger charge is -2.12. The molecule has 0 bridgehead atoms. The number of benzene rings is 2. The molecular formula is C20H21ClN4. The van der Waals surface area contributed by atoms with E-state index >= 15 is 0 Å². The van der Waals surface area contributed by atoms with Gasteiger partial charge in [-0.1, -0.05) is 41.9 Å². The zero-order chi connectivity index (χ0) is 17.6. The number of nitrogens with zero attached hydrogens (tertiary/aromatic N) is 2. The van der Waals surface area contributed by atoms with Crippen LogP contribution in [0.2, 0.25) is 5.02 Å². The maximum Gasteiger partial charge on any atom is 0.136 e. The molecule has 3 aromatic rings. The Kier molecular flexibility index (Phi) is 5.51. The molecule has 0 fully saturated rings. The van der Waals surface area contributed by atoms with E-state index in [0.717, 1.165) is 46.7 Å². The van der Waals surface area contributed by atoms with Crippen LogP contribution in [0.1, 0.15) is 17.0 Å². The third-order valence-electron chi connectivity index (χ3n) is 3.85. The van der Waals surface area contributed by atoms with Gasteiger partial charge in [0.05, 0.1) is 0 Å². The van der Waals surface area contributed by atoms with Crippen LogP contribution in [0.15, 0.2) is 54.6 Å². The first-order valence-corrected chi connectivity index (χ1v) is 8.64. The lowest BCUT2D eigenvalue weighted by molar-refractivity contribution is 0.983. The second-order valence-electron chi connectivity index (χ2n) is 5.93. The largest absolute Gasteiger partial charge is 0.370 e. The van der Waals surface area contributed by atoms with Crippen molar-refractivity contribution in [2.24, 2.45) is 0 Å². The summed E-state index contributed by atoms with van der Waals surface area (Å²) in [6.45, 7) is 4.73. The predicted octanol–water partition coefficient (Wildman–Crippen LogP) is 5.15. The van der Waals surface area contributed by atoms with Crippen molar-refractivity contribution >= 4 is 28.9 Å². The summed E-state index contributed by atoms with van der Waals surface area (Å²) in [4.78, 5) is 8.92. The Morgan fingerprint density at radius 1 is 0.920 bits per heavy atom. The molecule has 1 aromatic heterocycles. The smallest absolute Gasteiger partial charge is 0.136 e. The van der Waals surface area contributed by atoms with Gasteiger partial charge >= 0.3 is 0 Å². The molecule has 0 spiro atoms. The normalized spacial score (nSPS) is 10.5. The average Bonchev–Trinajstić information content (AvgIpc) is 2.58. The van der Waals surface area contributed by atoms with E-state index < -0.39 is 0 Å². The molecule has 0 saturated carbocycles. The van der Waals surface area contributed by atoms with E-state index in [1.807, 2.05) is 44.2 Å². The van der Waals surface area contributed by atoms with Gasteiger partial charge in [-0.2, -0.15) is 0 Å². The highest BCUT2D eigenvalue weighted by molar-refractivity contribution is 6.30. The highest BCUT2D eigenvalue weighted by atomic mass is 35.5. The molecule has 0 amide bonds. The Hall–Kier alpha value is -2.59. The first-order chi connectivity index (χ1) is 12.1. The molecule has 5 heteroatoms. The van der Waals surface area contributed by atoms with Gasteiger partial charge in [-0.05, 0) is 49.6 Å². The molecule has 0 saturated heterocycles. The average molecular weight is 353 g/mol. The second-order valence-corrected chi connectivity index (χ2v) is 6.37. The van der Waals surface area contributed by atoms with Gasteiger partial charge in [-0.25, -0.2) is 9.97 Å². The number of anilines is 3. The molecule has 0 aliphatic carbocycles. The van der Waals surface area contributed by atoms with Crippen LogP contribution in [0, 0.1) is 13.8 Å². The number of aromatic nitrogens is 2. The van der Waals surface area contributed by atoms with Crippen LogP contribution in [0.25, 0.3) is 0 Å². The summed E-state index contributed by atoms with van der Waals surface area (Å²) in [6.07, 6.45) is 0.947. The van der Waals surface area contributed by atoms with E-state index in [4.69, 9.17) is 11.6 Å². The molecule has 1 heterocycles. The van der Waals surface area contributed by atoms with E-state index in [1.54, 1.807) is 0 Å². The van der Waals surface area contributed by atoms with Crippen LogP contribution in [0.5, 0.6) is 0 Å².